The molecular weight excluding hydrogens is 324 g/mol. The first kappa shape index (κ1) is 12.7. The maximum atomic E-state index is 9.78. The molecule has 0 radical (unpaired) electrons. The number of para-hydroxylation sites is 1. The van der Waals surface area contributed by atoms with Crippen molar-refractivity contribution in [1.29, 1.82) is 0 Å². The Labute approximate surface area is 122 Å². The Morgan fingerprint density at radius 2 is 1.75 bits per heavy atom. The summed E-state index contributed by atoms with van der Waals surface area (Å²) < 4.78 is 6.08. The summed E-state index contributed by atoms with van der Waals surface area (Å²) in [6.45, 7) is 0. The van der Waals surface area contributed by atoms with E-state index in [1.807, 2.05) is 24.3 Å². The zero-order valence-corrected chi connectivity index (χ0v) is 11.7. The number of benzene rings is 2. The van der Waals surface area contributed by atoms with Crippen LogP contribution in [0.25, 0.3) is 22.8 Å². The summed E-state index contributed by atoms with van der Waals surface area (Å²) in [4.78, 5) is 4.22. The summed E-state index contributed by atoms with van der Waals surface area (Å²) in [5.41, 5.74) is 1.09. The SMILES string of the molecule is Oc1cccc(-c2nc(-c3ccc(Br)cc3)no2)c1O. The normalized spacial score (nSPS) is 10.7. The van der Waals surface area contributed by atoms with Crippen molar-refractivity contribution in [3.8, 4) is 34.3 Å². The van der Waals surface area contributed by atoms with Crippen LogP contribution < -0.4 is 0 Å². The van der Waals surface area contributed by atoms with Crippen LogP contribution in [0.2, 0.25) is 0 Å². The highest BCUT2D eigenvalue weighted by atomic mass is 79.9. The van der Waals surface area contributed by atoms with E-state index < -0.39 is 0 Å². The van der Waals surface area contributed by atoms with Crippen LogP contribution >= 0.6 is 15.9 Å². The molecule has 0 spiro atoms. The summed E-state index contributed by atoms with van der Waals surface area (Å²) in [7, 11) is 0. The predicted molar refractivity (Wildman–Crippen MR) is 76.2 cm³/mol. The third kappa shape index (κ3) is 2.25. The molecule has 0 aliphatic heterocycles. The number of aromatic nitrogens is 2. The van der Waals surface area contributed by atoms with Crippen molar-refractivity contribution in [3.63, 3.8) is 0 Å². The number of nitrogens with zero attached hydrogens (tertiary/aromatic N) is 2. The zero-order valence-electron chi connectivity index (χ0n) is 10.1. The number of halogens is 1. The molecule has 5 nitrogen and oxygen atoms in total. The van der Waals surface area contributed by atoms with E-state index in [0.717, 1.165) is 10.0 Å². The fraction of sp³-hybridized carbons (Fsp3) is 0. The molecule has 1 heterocycles. The lowest BCUT2D eigenvalue weighted by Gasteiger charge is -2.00. The van der Waals surface area contributed by atoms with Crippen LogP contribution in [0.3, 0.4) is 0 Å². The Bertz CT molecular complexity index is 753. The van der Waals surface area contributed by atoms with Gasteiger partial charge in [-0.05, 0) is 36.4 Å². The molecule has 0 unspecified atom stereocenters. The van der Waals surface area contributed by atoms with Gasteiger partial charge in [0.15, 0.2) is 11.5 Å². The van der Waals surface area contributed by atoms with E-state index in [1.54, 1.807) is 12.1 Å². The van der Waals surface area contributed by atoms with E-state index in [9.17, 15) is 10.2 Å². The molecule has 1 aromatic heterocycles. The molecule has 0 saturated heterocycles. The molecule has 0 atom stereocenters. The van der Waals surface area contributed by atoms with Crippen molar-refractivity contribution < 1.29 is 14.7 Å². The third-order valence-corrected chi connectivity index (χ3v) is 3.30. The second-order valence-corrected chi connectivity index (χ2v) is 5.02. The van der Waals surface area contributed by atoms with Crippen LogP contribution in [0.15, 0.2) is 51.5 Å². The monoisotopic (exact) mass is 332 g/mol. The van der Waals surface area contributed by atoms with Crippen molar-refractivity contribution in [2.75, 3.05) is 0 Å². The summed E-state index contributed by atoms with van der Waals surface area (Å²) in [6.07, 6.45) is 0. The van der Waals surface area contributed by atoms with Crippen molar-refractivity contribution in [3.05, 3.63) is 46.9 Å². The van der Waals surface area contributed by atoms with Gasteiger partial charge in [-0.25, -0.2) is 0 Å². The van der Waals surface area contributed by atoms with Crippen LogP contribution in [0.5, 0.6) is 11.5 Å². The van der Waals surface area contributed by atoms with E-state index in [1.165, 1.54) is 6.07 Å². The number of phenolic OH excluding ortho intramolecular Hbond substituents is 2. The van der Waals surface area contributed by atoms with Crippen molar-refractivity contribution in [1.82, 2.24) is 10.1 Å². The molecule has 2 N–H and O–H groups in total. The molecule has 3 rings (SSSR count). The highest BCUT2D eigenvalue weighted by molar-refractivity contribution is 9.10. The lowest BCUT2D eigenvalue weighted by molar-refractivity contribution is 0.397. The molecule has 0 bridgehead atoms. The molecule has 0 amide bonds. The second-order valence-electron chi connectivity index (χ2n) is 4.10. The molecule has 3 aromatic rings. The topological polar surface area (TPSA) is 79.4 Å². The summed E-state index contributed by atoms with van der Waals surface area (Å²) in [5, 5.41) is 23.1. The number of hydrogen-bond acceptors (Lipinski definition) is 5. The fourth-order valence-electron chi connectivity index (χ4n) is 1.75. The first-order valence-electron chi connectivity index (χ1n) is 5.76. The molecule has 2 aromatic carbocycles. The zero-order chi connectivity index (χ0) is 14.1. The Morgan fingerprint density at radius 1 is 1.00 bits per heavy atom. The average molecular weight is 333 g/mol. The Balaban J connectivity index is 2.02. The number of rotatable bonds is 2. The van der Waals surface area contributed by atoms with Gasteiger partial charge in [0.2, 0.25) is 5.82 Å². The third-order valence-electron chi connectivity index (χ3n) is 2.77. The Kier molecular flexibility index (Phi) is 3.15. The fourth-order valence-corrected chi connectivity index (χ4v) is 2.02. The van der Waals surface area contributed by atoms with Crippen LogP contribution in [0.4, 0.5) is 0 Å². The molecule has 0 aliphatic carbocycles. The molecular formula is C14H9BrN2O3. The molecule has 0 aliphatic rings. The van der Waals surface area contributed by atoms with Gasteiger partial charge in [-0.15, -0.1) is 0 Å². The number of aromatic hydroxyl groups is 2. The number of phenols is 2. The molecule has 0 saturated carbocycles. The maximum absolute atomic E-state index is 9.78. The van der Waals surface area contributed by atoms with Crippen molar-refractivity contribution in [2.24, 2.45) is 0 Å². The molecule has 100 valence electrons. The van der Waals surface area contributed by atoms with E-state index in [0.29, 0.717) is 11.4 Å². The van der Waals surface area contributed by atoms with Gasteiger partial charge >= 0.3 is 0 Å². The first-order chi connectivity index (χ1) is 9.65. The van der Waals surface area contributed by atoms with Gasteiger partial charge in [-0.2, -0.15) is 4.98 Å². The van der Waals surface area contributed by atoms with Gasteiger partial charge in [0, 0.05) is 10.0 Å². The summed E-state index contributed by atoms with van der Waals surface area (Å²) in [6, 6.07) is 12.0. The molecule has 20 heavy (non-hydrogen) atoms. The van der Waals surface area contributed by atoms with Gasteiger partial charge < -0.3 is 14.7 Å². The van der Waals surface area contributed by atoms with Crippen LogP contribution in [0, 0.1) is 0 Å². The average Bonchev–Trinajstić information content (AvgIpc) is 2.92. The van der Waals surface area contributed by atoms with E-state index in [4.69, 9.17) is 4.52 Å². The van der Waals surface area contributed by atoms with Gasteiger partial charge in [-0.1, -0.05) is 27.2 Å². The van der Waals surface area contributed by atoms with Crippen LogP contribution in [-0.4, -0.2) is 20.4 Å². The number of hydrogen-bond donors (Lipinski definition) is 2. The first-order valence-corrected chi connectivity index (χ1v) is 6.55. The quantitative estimate of drug-likeness (QED) is 0.701. The highest BCUT2D eigenvalue weighted by Crippen LogP contribution is 2.35. The van der Waals surface area contributed by atoms with Gasteiger partial charge in [0.1, 0.15) is 0 Å². The standard InChI is InChI=1S/C14H9BrN2O3/c15-9-6-4-8(5-7-9)13-16-14(20-17-13)10-2-1-3-11(18)12(10)19/h1-7,18-19H. The van der Waals surface area contributed by atoms with Gasteiger partial charge in [0.05, 0.1) is 5.56 Å². The minimum Gasteiger partial charge on any atom is -0.504 e. The molecule has 0 fully saturated rings. The Hall–Kier alpha value is -2.34. The van der Waals surface area contributed by atoms with Gasteiger partial charge in [0.25, 0.3) is 5.89 Å². The van der Waals surface area contributed by atoms with Gasteiger partial charge in [-0.3, -0.25) is 0 Å². The second kappa shape index (κ2) is 4.97. The van der Waals surface area contributed by atoms with E-state index >= 15 is 0 Å². The lowest BCUT2D eigenvalue weighted by Crippen LogP contribution is -1.82. The summed E-state index contributed by atoms with van der Waals surface area (Å²) >= 11 is 3.35. The van der Waals surface area contributed by atoms with Crippen LogP contribution in [0.1, 0.15) is 0 Å². The Morgan fingerprint density at radius 3 is 2.50 bits per heavy atom. The van der Waals surface area contributed by atoms with Crippen LogP contribution in [-0.2, 0) is 0 Å². The predicted octanol–water partition coefficient (Wildman–Crippen LogP) is 3.58. The highest BCUT2D eigenvalue weighted by Gasteiger charge is 2.15. The van der Waals surface area contributed by atoms with Crippen molar-refractivity contribution >= 4 is 15.9 Å². The van der Waals surface area contributed by atoms with Crippen molar-refractivity contribution in [2.45, 2.75) is 0 Å². The minimum absolute atomic E-state index is 0.149. The lowest BCUT2D eigenvalue weighted by atomic mass is 10.2. The minimum atomic E-state index is -0.279. The van der Waals surface area contributed by atoms with E-state index in [2.05, 4.69) is 26.1 Å². The molecule has 6 heteroatoms. The smallest absolute Gasteiger partial charge is 0.262 e. The summed E-state index contributed by atoms with van der Waals surface area (Å²) in [5.74, 6) is 0.0518. The van der Waals surface area contributed by atoms with E-state index in [-0.39, 0.29) is 17.4 Å². The maximum Gasteiger partial charge on any atom is 0.262 e. The largest absolute Gasteiger partial charge is 0.504 e.